The Hall–Kier alpha value is 1.05. The molecule has 1 atom stereocenters. The first-order chi connectivity index (χ1) is 4.27. The zero-order valence-corrected chi connectivity index (χ0v) is 8.94. The van der Waals surface area contributed by atoms with Crippen molar-refractivity contribution in [2.24, 2.45) is 4.13 Å². The van der Waals surface area contributed by atoms with Crippen molar-refractivity contribution in [3.63, 3.8) is 0 Å². The van der Waals surface area contributed by atoms with E-state index >= 15 is 0 Å². The summed E-state index contributed by atoms with van der Waals surface area (Å²) in [6.45, 7) is 1.53. The van der Waals surface area contributed by atoms with E-state index in [1.54, 1.807) is 0 Å². The van der Waals surface area contributed by atoms with Crippen LogP contribution in [0.3, 0.4) is 0 Å². The quantitative estimate of drug-likeness (QED) is 0.553. The van der Waals surface area contributed by atoms with Gasteiger partial charge < -0.3 is 0 Å². The molecule has 0 bridgehead atoms. The first-order valence-corrected chi connectivity index (χ1v) is 8.20. The minimum Gasteiger partial charge on any atom is -0.262 e. The van der Waals surface area contributed by atoms with Crippen LogP contribution in [0, 0.1) is 0 Å². The molecule has 0 aliphatic carbocycles. The van der Waals surface area contributed by atoms with Gasteiger partial charge in [0.2, 0.25) is 0 Å². The van der Waals surface area contributed by atoms with Crippen LogP contribution in [0.15, 0.2) is 4.13 Å². The zero-order chi connectivity index (χ0) is 8.41. The summed E-state index contributed by atoms with van der Waals surface area (Å²) in [5.74, 6) is -3.57. The summed E-state index contributed by atoms with van der Waals surface area (Å²) in [4.78, 5) is 0. The van der Waals surface area contributed by atoms with E-state index in [4.69, 9.17) is 33.2 Å². The molecule has 0 heterocycles. The number of hydrogen-bond donors (Lipinski definition) is 0. The minimum atomic E-state index is -3.64. The number of halogens is 3. The van der Waals surface area contributed by atoms with E-state index in [0.29, 0.717) is 0 Å². The second kappa shape index (κ2) is 3.63. The maximum Gasteiger partial charge on any atom is 0.372 e. The largest absolute Gasteiger partial charge is 0.372 e. The van der Waals surface area contributed by atoms with Crippen LogP contribution in [-0.2, 0) is 13.5 Å². The molecule has 0 saturated heterocycles. The third kappa shape index (κ3) is 5.81. The van der Waals surface area contributed by atoms with Gasteiger partial charge in [0.15, 0.2) is 0 Å². The van der Waals surface area contributed by atoms with Crippen molar-refractivity contribution in [3.8, 4) is 0 Å². The molecule has 0 aromatic heterocycles. The summed E-state index contributed by atoms with van der Waals surface area (Å²) < 4.78 is 24.4. The molecule has 0 spiro atoms. The monoisotopic (exact) mass is 243 g/mol. The molecule has 10 heavy (non-hydrogen) atoms. The highest BCUT2D eigenvalue weighted by molar-refractivity contribution is 8.21. The first-order valence-electron chi connectivity index (χ1n) is 2.22. The molecule has 0 N–H and O–H groups in total. The lowest BCUT2D eigenvalue weighted by molar-refractivity contribution is 0.593. The van der Waals surface area contributed by atoms with Crippen LogP contribution in [-0.4, -0.2) is 9.96 Å². The summed E-state index contributed by atoms with van der Waals surface area (Å²) in [6, 6.07) is 0. The van der Waals surface area contributed by atoms with Gasteiger partial charge in [0, 0.05) is 5.75 Å². The van der Waals surface area contributed by atoms with Crippen LogP contribution in [0.1, 0.15) is 6.92 Å². The average molecular weight is 244 g/mol. The van der Waals surface area contributed by atoms with Gasteiger partial charge in [-0.2, -0.15) is 0 Å². The molecule has 0 rings (SSSR count). The first kappa shape index (κ1) is 11.1. The number of hydrogen-bond acceptors (Lipinski definition) is 2. The van der Waals surface area contributed by atoms with Crippen LogP contribution >= 0.6 is 39.2 Å². The molecule has 0 aliphatic heterocycles. The van der Waals surface area contributed by atoms with Gasteiger partial charge in [-0.05, 0) is 33.2 Å². The van der Waals surface area contributed by atoms with Gasteiger partial charge in [0.25, 0.3) is 0 Å². The Balaban J connectivity index is 4.81. The minimum absolute atomic E-state index is 0.0674. The van der Waals surface area contributed by atoms with Gasteiger partial charge in [-0.25, -0.2) is 4.21 Å². The van der Waals surface area contributed by atoms with Gasteiger partial charge in [-0.3, -0.25) is 4.57 Å². The summed E-state index contributed by atoms with van der Waals surface area (Å²) >= 11 is 9.97. The third-order valence-electron chi connectivity index (χ3n) is 0.573. The van der Waals surface area contributed by atoms with Gasteiger partial charge in [0.05, 0.1) is 0 Å². The molecule has 8 heteroatoms. The molecule has 0 radical (unpaired) electrons. The topological polar surface area (TPSA) is 46.5 Å². The highest BCUT2D eigenvalue weighted by Crippen LogP contribution is 2.59. The fourth-order valence-electron chi connectivity index (χ4n) is 0.200. The highest BCUT2D eigenvalue weighted by Gasteiger charge is 2.15. The highest BCUT2D eigenvalue weighted by atomic mass is 35.9. The maximum absolute atomic E-state index is 10.8. The molecule has 1 unspecified atom stereocenters. The normalized spacial score (nSPS) is 18.0. The summed E-state index contributed by atoms with van der Waals surface area (Å²) in [5.41, 5.74) is 0. The van der Waals surface area contributed by atoms with E-state index in [0.717, 1.165) is 0 Å². The van der Waals surface area contributed by atoms with Crippen molar-refractivity contribution in [2.45, 2.75) is 6.92 Å². The average Bonchev–Trinajstić information content (AvgIpc) is 1.60. The molecular weight excluding hydrogens is 239 g/mol. The Morgan fingerprint density at radius 3 is 2.10 bits per heavy atom. The molecule has 0 amide bonds. The smallest absolute Gasteiger partial charge is 0.262 e. The predicted molar refractivity (Wildman–Crippen MR) is 46.3 cm³/mol. The third-order valence-corrected chi connectivity index (χ3v) is 5.34. The van der Waals surface area contributed by atoms with Gasteiger partial charge in [0.1, 0.15) is 8.94 Å². The Bertz CT molecular complexity index is 264. The Morgan fingerprint density at radius 1 is 1.60 bits per heavy atom. The van der Waals surface area contributed by atoms with Crippen molar-refractivity contribution in [1.29, 1.82) is 0 Å². The van der Waals surface area contributed by atoms with Crippen molar-refractivity contribution in [1.82, 2.24) is 0 Å². The van der Waals surface area contributed by atoms with Gasteiger partial charge in [-0.1, -0.05) is 6.92 Å². The van der Waals surface area contributed by atoms with Crippen molar-refractivity contribution >= 4 is 48.1 Å². The van der Waals surface area contributed by atoms with Crippen LogP contribution in [0.4, 0.5) is 0 Å². The summed E-state index contributed by atoms with van der Waals surface area (Å²) in [7, 11) is 2.27. The molecule has 0 saturated carbocycles. The fourth-order valence-corrected chi connectivity index (χ4v) is 4.94. The predicted octanol–water partition coefficient (Wildman–Crippen LogP) is 3.21. The van der Waals surface area contributed by atoms with Crippen LogP contribution in [0.5, 0.6) is 0 Å². The van der Waals surface area contributed by atoms with Crippen LogP contribution in [0.25, 0.3) is 0 Å². The molecule has 0 aromatic carbocycles. The molecule has 0 aromatic rings. The fraction of sp³-hybridized carbons (Fsp3) is 1.00. The maximum atomic E-state index is 10.8. The lowest BCUT2D eigenvalue weighted by atomic mass is 11.0. The van der Waals surface area contributed by atoms with E-state index in [2.05, 4.69) is 4.13 Å². The summed E-state index contributed by atoms with van der Waals surface area (Å²) in [6.07, 6.45) is 0. The van der Waals surface area contributed by atoms with Crippen molar-refractivity contribution < 1.29 is 8.77 Å². The van der Waals surface area contributed by atoms with Crippen LogP contribution in [0.2, 0.25) is 0 Å². The van der Waals surface area contributed by atoms with E-state index in [-0.39, 0.29) is 5.75 Å². The lowest BCUT2D eigenvalue weighted by Gasteiger charge is -1.95. The van der Waals surface area contributed by atoms with Gasteiger partial charge in [-0.15, -0.1) is 4.13 Å². The second-order valence-corrected chi connectivity index (χ2v) is 9.31. The lowest BCUT2D eigenvalue weighted by Crippen LogP contribution is -1.89. The number of rotatable bonds is 2. The molecular formula is C2H5Cl3NO2PS. The standard InChI is InChI=1S/C2H5Cl3NO2PS/c1-2-10(5,8)6-9(3,4)7/h2H2,1H3. The summed E-state index contributed by atoms with van der Waals surface area (Å²) in [5, 5.41) is 0. The zero-order valence-electron chi connectivity index (χ0n) is 4.96. The van der Waals surface area contributed by atoms with Crippen molar-refractivity contribution in [2.75, 3.05) is 5.75 Å². The Morgan fingerprint density at radius 2 is 2.00 bits per heavy atom. The molecule has 3 nitrogen and oxygen atoms in total. The Kier molecular flexibility index (Phi) is 4.02. The molecule has 0 fully saturated rings. The van der Waals surface area contributed by atoms with Crippen molar-refractivity contribution in [3.05, 3.63) is 0 Å². The molecule has 62 valence electrons. The SMILES string of the molecule is CCS(=O)(Cl)=NP(=O)(Cl)Cl. The van der Waals surface area contributed by atoms with E-state index < -0.39 is 14.9 Å². The molecule has 0 aliphatic rings. The van der Waals surface area contributed by atoms with Crippen LogP contribution < -0.4 is 0 Å². The van der Waals surface area contributed by atoms with E-state index in [9.17, 15) is 8.77 Å². The number of nitrogens with zero attached hydrogens (tertiary/aromatic N) is 1. The van der Waals surface area contributed by atoms with E-state index in [1.165, 1.54) is 6.92 Å². The van der Waals surface area contributed by atoms with E-state index in [1.807, 2.05) is 0 Å². The Labute approximate surface area is 73.7 Å². The second-order valence-electron chi connectivity index (χ2n) is 1.37. The van der Waals surface area contributed by atoms with Gasteiger partial charge >= 0.3 is 6.00 Å².